The molecule has 116 valence electrons. The smallest absolute Gasteiger partial charge is 0.295 e. The Labute approximate surface area is 138 Å². The number of Topliss-reactive ketones (excluding diaryl/α,β-unsaturated/α-hetero) is 1. The zero-order valence-corrected chi connectivity index (χ0v) is 13.1. The number of hydrogen-bond acceptors (Lipinski definition) is 3. The molecule has 1 fully saturated rings. The van der Waals surface area contributed by atoms with Crippen LogP contribution in [0.2, 0.25) is 5.02 Å². The zero-order valence-electron chi connectivity index (χ0n) is 12.4. The summed E-state index contributed by atoms with van der Waals surface area (Å²) in [6, 6.07) is 15.0. The van der Waals surface area contributed by atoms with Gasteiger partial charge in [0.15, 0.2) is 0 Å². The van der Waals surface area contributed by atoms with E-state index >= 15 is 0 Å². The van der Waals surface area contributed by atoms with E-state index in [0.717, 1.165) is 5.56 Å². The average Bonchev–Trinajstić information content (AvgIpc) is 2.80. The van der Waals surface area contributed by atoms with Crippen molar-refractivity contribution < 1.29 is 14.7 Å². The molecule has 0 aliphatic carbocycles. The molecule has 1 heterocycles. The molecular weight excluding hydrogens is 314 g/mol. The Hall–Kier alpha value is -2.59. The predicted molar refractivity (Wildman–Crippen MR) is 88.0 cm³/mol. The normalized spacial score (nSPS) is 20.1. The van der Waals surface area contributed by atoms with E-state index in [9.17, 15) is 14.7 Å². The van der Waals surface area contributed by atoms with Gasteiger partial charge in [-0.05, 0) is 29.8 Å². The molecule has 5 heteroatoms. The molecule has 0 unspecified atom stereocenters. The summed E-state index contributed by atoms with van der Waals surface area (Å²) in [6.07, 6.45) is 0. The van der Waals surface area contributed by atoms with Gasteiger partial charge in [0.1, 0.15) is 5.76 Å². The zero-order chi connectivity index (χ0) is 16.6. The summed E-state index contributed by atoms with van der Waals surface area (Å²) < 4.78 is 0. The molecule has 2 aromatic rings. The van der Waals surface area contributed by atoms with Crippen LogP contribution in [0.5, 0.6) is 0 Å². The summed E-state index contributed by atoms with van der Waals surface area (Å²) in [4.78, 5) is 25.8. The molecule has 4 nitrogen and oxygen atoms in total. The predicted octanol–water partition coefficient (Wildman–Crippen LogP) is 3.39. The number of aliphatic hydroxyl groups is 1. The molecule has 1 amide bonds. The highest BCUT2D eigenvalue weighted by Crippen LogP contribution is 2.38. The number of carbonyl (C=O) groups excluding carboxylic acids is 2. The highest BCUT2D eigenvalue weighted by atomic mass is 35.5. The topological polar surface area (TPSA) is 57.6 Å². The van der Waals surface area contributed by atoms with Gasteiger partial charge in [-0.3, -0.25) is 9.59 Å². The monoisotopic (exact) mass is 327 g/mol. The molecule has 3 rings (SSSR count). The molecule has 1 saturated heterocycles. The van der Waals surface area contributed by atoms with E-state index in [1.807, 2.05) is 30.3 Å². The van der Waals surface area contributed by atoms with Crippen molar-refractivity contribution in [3.05, 3.63) is 76.3 Å². The summed E-state index contributed by atoms with van der Waals surface area (Å²) in [6.45, 7) is 0. The fourth-order valence-corrected chi connectivity index (χ4v) is 2.86. The SMILES string of the molecule is CN1C(=O)C(=O)C(=C(O)c2ccc(Cl)cc2)[C@@H]1c1ccccc1. The van der Waals surface area contributed by atoms with Crippen molar-refractivity contribution in [1.82, 2.24) is 4.90 Å². The maximum Gasteiger partial charge on any atom is 0.295 e. The highest BCUT2D eigenvalue weighted by molar-refractivity contribution is 6.46. The molecule has 0 radical (unpaired) electrons. The van der Waals surface area contributed by atoms with Crippen molar-refractivity contribution in [2.45, 2.75) is 6.04 Å². The quantitative estimate of drug-likeness (QED) is 0.522. The molecule has 1 aliphatic heterocycles. The first-order valence-corrected chi connectivity index (χ1v) is 7.44. The van der Waals surface area contributed by atoms with Gasteiger partial charge in [0.2, 0.25) is 0 Å². The molecule has 2 aromatic carbocycles. The summed E-state index contributed by atoms with van der Waals surface area (Å²) in [5.74, 6) is -1.51. The van der Waals surface area contributed by atoms with Crippen LogP contribution in [0, 0.1) is 0 Å². The third kappa shape index (κ3) is 2.62. The van der Waals surface area contributed by atoms with Crippen molar-refractivity contribution in [3.8, 4) is 0 Å². The van der Waals surface area contributed by atoms with Gasteiger partial charge in [-0.25, -0.2) is 0 Å². The Bertz CT molecular complexity index is 797. The van der Waals surface area contributed by atoms with E-state index in [2.05, 4.69) is 0 Å². The molecule has 23 heavy (non-hydrogen) atoms. The van der Waals surface area contributed by atoms with Crippen LogP contribution in [-0.4, -0.2) is 28.7 Å². The lowest BCUT2D eigenvalue weighted by molar-refractivity contribution is -0.139. The van der Waals surface area contributed by atoms with Crippen LogP contribution in [0.25, 0.3) is 5.76 Å². The number of likely N-dealkylation sites (tertiary alicyclic amines) is 1. The maximum absolute atomic E-state index is 12.3. The molecule has 1 N–H and O–H groups in total. The molecule has 0 spiro atoms. The molecule has 1 atom stereocenters. The summed E-state index contributed by atoms with van der Waals surface area (Å²) in [7, 11) is 1.56. The van der Waals surface area contributed by atoms with E-state index in [4.69, 9.17) is 11.6 Å². The number of carbonyl (C=O) groups is 2. The Morgan fingerprint density at radius 1 is 1.04 bits per heavy atom. The van der Waals surface area contributed by atoms with Crippen LogP contribution in [0.4, 0.5) is 0 Å². The second-order valence-corrected chi connectivity index (χ2v) is 5.76. The van der Waals surface area contributed by atoms with E-state index in [1.165, 1.54) is 4.90 Å². The molecular formula is C18H14ClNO3. The lowest BCUT2D eigenvalue weighted by Crippen LogP contribution is -2.24. The lowest BCUT2D eigenvalue weighted by Gasteiger charge is -2.20. The van der Waals surface area contributed by atoms with Crippen molar-refractivity contribution in [3.63, 3.8) is 0 Å². The Kier molecular flexibility index (Phi) is 3.92. The van der Waals surface area contributed by atoms with E-state index in [0.29, 0.717) is 10.6 Å². The number of amides is 1. The summed E-state index contributed by atoms with van der Waals surface area (Å²) in [5, 5.41) is 11.1. The number of ketones is 1. The van der Waals surface area contributed by atoms with E-state index < -0.39 is 17.7 Å². The van der Waals surface area contributed by atoms with Gasteiger partial charge in [0.05, 0.1) is 11.6 Å². The minimum Gasteiger partial charge on any atom is -0.507 e. The second-order valence-electron chi connectivity index (χ2n) is 5.33. The summed E-state index contributed by atoms with van der Waals surface area (Å²) in [5.41, 5.74) is 1.30. The Balaban J connectivity index is 2.17. The first-order valence-electron chi connectivity index (χ1n) is 7.06. The fraction of sp³-hybridized carbons (Fsp3) is 0.111. The number of benzene rings is 2. The van der Waals surface area contributed by atoms with Crippen LogP contribution < -0.4 is 0 Å². The number of hydrogen-bond donors (Lipinski definition) is 1. The molecule has 0 bridgehead atoms. The van der Waals surface area contributed by atoms with Gasteiger partial charge in [-0.15, -0.1) is 0 Å². The van der Waals surface area contributed by atoms with E-state index in [1.54, 1.807) is 31.3 Å². The van der Waals surface area contributed by atoms with E-state index in [-0.39, 0.29) is 11.3 Å². The number of rotatable bonds is 2. The molecule has 0 aromatic heterocycles. The Morgan fingerprint density at radius 2 is 1.65 bits per heavy atom. The van der Waals surface area contributed by atoms with Crippen LogP contribution in [0.15, 0.2) is 60.2 Å². The third-order valence-electron chi connectivity index (χ3n) is 3.91. The van der Waals surface area contributed by atoms with Crippen LogP contribution >= 0.6 is 11.6 Å². The first kappa shape index (κ1) is 15.3. The average molecular weight is 328 g/mol. The standard InChI is InChI=1S/C18H14ClNO3/c1-20-15(11-5-3-2-4-6-11)14(17(22)18(20)23)16(21)12-7-9-13(19)10-8-12/h2-10,15,21H,1H3/t15-/m0/s1. The first-order chi connectivity index (χ1) is 11.0. The van der Waals surface area contributed by atoms with Crippen molar-refractivity contribution in [2.24, 2.45) is 0 Å². The van der Waals surface area contributed by atoms with Gasteiger partial charge in [-0.2, -0.15) is 0 Å². The minimum atomic E-state index is -0.686. The second kappa shape index (κ2) is 5.89. The van der Waals surface area contributed by atoms with Crippen LogP contribution in [0.3, 0.4) is 0 Å². The van der Waals surface area contributed by atoms with Crippen LogP contribution in [0.1, 0.15) is 17.2 Å². The molecule has 1 aliphatic rings. The Morgan fingerprint density at radius 3 is 2.26 bits per heavy atom. The van der Waals surface area contributed by atoms with Gasteiger partial charge in [0, 0.05) is 17.6 Å². The van der Waals surface area contributed by atoms with Gasteiger partial charge < -0.3 is 10.0 Å². The van der Waals surface area contributed by atoms with Gasteiger partial charge >= 0.3 is 0 Å². The van der Waals surface area contributed by atoms with Crippen LogP contribution in [-0.2, 0) is 9.59 Å². The summed E-state index contributed by atoms with van der Waals surface area (Å²) >= 11 is 5.85. The number of likely N-dealkylation sites (N-methyl/N-ethyl adjacent to an activating group) is 1. The fourth-order valence-electron chi connectivity index (χ4n) is 2.74. The highest BCUT2D eigenvalue weighted by Gasteiger charge is 2.44. The lowest BCUT2D eigenvalue weighted by atomic mass is 9.95. The third-order valence-corrected chi connectivity index (χ3v) is 4.16. The molecule has 0 saturated carbocycles. The van der Waals surface area contributed by atoms with Crippen molar-refractivity contribution in [1.29, 1.82) is 0 Å². The van der Waals surface area contributed by atoms with Crippen molar-refractivity contribution in [2.75, 3.05) is 7.05 Å². The number of nitrogens with zero attached hydrogens (tertiary/aromatic N) is 1. The number of halogens is 1. The van der Waals surface area contributed by atoms with Gasteiger partial charge in [0.25, 0.3) is 11.7 Å². The maximum atomic E-state index is 12.3. The minimum absolute atomic E-state index is 0.0889. The van der Waals surface area contributed by atoms with Gasteiger partial charge in [-0.1, -0.05) is 41.9 Å². The van der Waals surface area contributed by atoms with Crippen molar-refractivity contribution >= 4 is 29.1 Å². The number of aliphatic hydroxyl groups excluding tert-OH is 1. The largest absolute Gasteiger partial charge is 0.507 e.